The Morgan fingerprint density at radius 2 is 1.72 bits per heavy atom. The van der Waals surface area contributed by atoms with E-state index in [1.54, 1.807) is 11.2 Å². The van der Waals surface area contributed by atoms with Gasteiger partial charge in [-0.15, -0.1) is 0 Å². The molecule has 1 aliphatic carbocycles. The molecule has 0 bridgehead atoms. The number of hydrogen-bond acceptors (Lipinski definition) is 4. The summed E-state index contributed by atoms with van der Waals surface area (Å²) in [6.07, 6.45) is 8.37. The fraction of sp³-hybridized carbons (Fsp3) is 0.346. The molecule has 2 aliphatic rings. The fourth-order valence-electron chi connectivity index (χ4n) is 4.90. The van der Waals surface area contributed by atoms with Crippen molar-refractivity contribution >= 4 is 27.6 Å². The van der Waals surface area contributed by atoms with Crippen molar-refractivity contribution < 1.29 is 17.9 Å². The number of hydrogen-bond donors (Lipinski definition) is 0. The van der Waals surface area contributed by atoms with Crippen molar-refractivity contribution in [2.24, 2.45) is 5.92 Å². The van der Waals surface area contributed by atoms with Crippen LogP contribution < -0.4 is 0 Å². The molecule has 1 unspecified atom stereocenters. The van der Waals surface area contributed by atoms with E-state index in [4.69, 9.17) is 4.74 Å². The average molecular weight is 452 g/mol. The van der Waals surface area contributed by atoms with Gasteiger partial charge >= 0.3 is 5.97 Å². The minimum Gasteiger partial charge on any atom is -0.463 e. The van der Waals surface area contributed by atoms with Gasteiger partial charge in [0.05, 0.1) is 12.9 Å². The maximum atomic E-state index is 12.0. The second kappa shape index (κ2) is 9.43. The van der Waals surface area contributed by atoms with Crippen molar-refractivity contribution in [2.75, 3.05) is 26.0 Å². The number of benzene rings is 2. The Morgan fingerprint density at radius 3 is 2.41 bits per heavy atom. The molecule has 6 heteroatoms. The summed E-state index contributed by atoms with van der Waals surface area (Å²) >= 11 is 0. The van der Waals surface area contributed by atoms with Crippen molar-refractivity contribution in [3.05, 3.63) is 82.9 Å². The molecule has 0 N–H and O–H groups in total. The largest absolute Gasteiger partial charge is 0.463 e. The summed E-state index contributed by atoms with van der Waals surface area (Å²) in [5.74, 6) is 0.138. The van der Waals surface area contributed by atoms with Crippen LogP contribution in [0.15, 0.2) is 60.7 Å². The number of allylic oxidation sites excluding steroid dienone is 2. The van der Waals surface area contributed by atoms with Gasteiger partial charge in [-0.05, 0) is 65.7 Å². The van der Waals surface area contributed by atoms with E-state index in [1.807, 2.05) is 18.2 Å². The lowest BCUT2D eigenvalue weighted by molar-refractivity contribution is -0.137. The summed E-state index contributed by atoms with van der Waals surface area (Å²) < 4.78 is 30.7. The molecule has 2 aromatic carbocycles. The smallest absolute Gasteiger partial charge is 0.330 e. The molecule has 2 aromatic rings. The predicted molar refractivity (Wildman–Crippen MR) is 128 cm³/mol. The van der Waals surface area contributed by atoms with E-state index in [-0.39, 0.29) is 11.9 Å². The summed E-state index contributed by atoms with van der Waals surface area (Å²) in [6.45, 7) is 3.23. The van der Waals surface area contributed by atoms with Crippen LogP contribution in [0.1, 0.15) is 47.9 Å². The molecule has 0 aromatic heterocycles. The molecule has 1 atom stereocenters. The van der Waals surface area contributed by atoms with E-state index < -0.39 is 10.0 Å². The highest BCUT2D eigenvalue weighted by atomic mass is 32.2. The lowest BCUT2D eigenvalue weighted by Crippen LogP contribution is -2.39. The van der Waals surface area contributed by atoms with Crippen LogP contribution in [0.2, 0.25) is 0 Å². The zero-order valence-corrected chi connectivity index (χ0v) is 19.3. The van der Waals surface area contributed by atoms with Crippen LogP contribution >= 0.6 is 0 Å². The number of ether oxygens (including phenoxy) is 1. The number of nitrogens with zero attached hydrogens (tertiary/aromatic N) is 1. The van der Waals surface area contributed by atoms with Crippen molar-refractivity contribution in [2.45, 2.75) is 25.7 Å². The Labute approximate surface area is 190 Å². The van der Waals surface area contributed by atoms with Gasteiger partial charge in [0.25, 0.3) is 0 Å². The SMILES string of the molecule is CCOC(=O)/C=C/C1=Cc2ccccc2C(C2CCN(S(C)(=O)=O)CC2)c2ccccc21. The Hall–Kier alpha value is -2.70. The second-order valence-corrected chi connectivity index (χ2v) is 10.4. The topological polar surface area (TPSA) is 63.7 Å². The van der Waals surface area contributed by atoms with Crippen molar-refractivity contribution in [3.8, 4) is 0 Å². The van der Waals surface area contributed by atoms with Crippen LogP contribution in [0.5, 0.6) is 0 Å². The maximum absolute atomic E-state index is 12.0. The molecule has 1 saturated heterocycles. The third kappa shape index (κ3) is 4.71. The predicted octanol–water partition coefficient (Wildman–Crippen LogP) is 4.46. The highest BCUT2D eigenvalue weighted by molar-refractivity contribution is 7.88. The standard InChI is InChI=1S/C26H29NO4S/c1-3-31-25(28)13-12-21-18-20-8-4-5-10-23(20)26(24-11-7-6-9-22(21)24)19-14-16-27(17-15-19)32(2,29)30/h4-13,18-19,26H,3,14-17H2,1-2H3/b13-12+. The van der Waals surface area contributed by atoms with E-state index in [2.05, 4.69) is 42.5 Å². The number of carbonyl (C=O) groups is 1. The molecule has 1 aliphatic heterocycles. The van der Waals surface area contributed by atoms with Gasteiger partial charge in [-0.3, -0.25) is 0 Å². The molecule has 4 rings (SSSR count). The van der Waals surface area contributed by atoms with Gasteiger partial charge < -0.3 is 4.74 Å². The van der Waals surface area contributed by atoms with E-state index in [0.717, 1.165) is 29.5 Å². The van der Waals surface area contributed by atoms with Crippen LogP contribution in [0.25, 0.3) is 11.6 Å². The minimum absolute atomic E-state index is 0.161. The number of rotatable bonds is 5. The zero-order valence-electron chi connectivity index (χ0n) is 18.5. The van der Waals surface area contributed by atoms with Crippen LogP contribution in [-0.4, -0.2) is 44.6 Å². The van der Waals surface area contributed by atoms with Crippen molar-refractivity contribution in [1.82, 2.24) is 4.31 Å². The van der Waals surface area contributed by atoms with Gasteiger partial charge in [-0.25, -0.2) is 17.5 Å². The van der Waals surface area contributed by atoms with E-state index in [0.29, 0.717) is 25.6 Å². The number of carbonyl (C=O) groups excluding carboxylic acids is 1. The number of piperidine rings is 1. The van der Waals surface area contributed by atoms with E-state index in [1.165, 1.54) is 23.5 Å². The molecule has 32 heavy (non-hydrogen) atoms. The monoisotopic (exact) mass is 451 g/mol. The Bertz CT molecular complexity index is 1160. The van der Waals surface area contributed by atoms with Gasteiger partial charge in [-0.1, -0.05) is 48.5 Å². The van der Waals surface area contributed by atoms with Crippen LogP contribution in [0.3, 0.4) is 0 Å². The molecule has 168 valence electrons. The molecule has 1 fully saturated rings. The summed E-state index contributed by atoms with van der Waals surface area (Å²) in [4.78, 5) is 12.0. The molecule has 5 nitrogen and oxygen atoms in total. The molecule has 0 spiro atoms. The van der Waals surface area contributed by atoms with Gasteiger partial charge in [0, 0.05) is 25.1 Å². The second-order valence-electron chi connectivity index (χ2n) is 8.38. The van der Waals surface area contributed by atoms with Gasteiger partial charge in [-0.2, -0.15) is 0 Å². The van der Waals surface area contributed by atoms with E-state index in [9.17, 15) is 13.2 Å². The molecule has 0 radical (unpaired) electrons. The first-order valence-electron chi connectivity index (χ1n) is 11.1. The number of esters is 1. The summed E-state index contributed by atoms with van der Waals surface area (Å²) in [5.41, 5.74) is 5.66. The van der Waals surface area contributed by atoms with E-state index >= 15 is 0 Å². The average Bonchev–Trinajstić information content (AvgIpc) is 2.92. The highest BCUT2D eigenvalue weighted by Gasteiger charge is 2.34. The number of fused-ring (bicyclic) bond motifs is 2. The quantitative estimate of drug-likeness (QED) is 0.497. The normalized spacial score (nSPS) is 19.7. The molecular formula is C26H29NO4S. The lowest BCUT2D eigenvalue weighted by Gasteiger charge is -2.36. The van der Waals surface area contributed by atoms with Crippen LogP contribution in [-0.2, 0) is 19.6 Å². The summed E-state index contributed by atoms with van der Waals surface area (Å²) in [6, 6.07) is 16.7. The first-order chi connectivity index (χ1) is 15.4. The first-order valence-corrected chi connectivity index (χ1v) is 12.9. The van der Waals surface area contributed by atoms with Crippen LogP contribution in [0, 0.1) is 5.92 Å². The van der Waals surface area contributed by atoms with Crippen molar-refractivity contribution in [3.63, 3.8) is 0 Å². The van der Waals surface area contributed by atoms with Gasteiger partial charge in [0.2, 0.25) is 10.0 Å². The summed E-state index contributed by atoms with van der Waals surface area (Å²) in [7, 11) is -3.17. The fourth-order valence-corrected chi connectivity index (χ4v) is 5.78. The van der Waals surface area contributed by atoms with Crippen LogP contribution in [0.4, 0.5) is 0 Å². The molecule has 0 saturated carbocycles. The zero-order chi connectivity index (χ0) is 22.7. The molecule has 1 heterocycles. The third-order valence-electron chi connectivity index (χ3n) is 6.37. The summed E-state index contributed by atoms with van der Waals surface area (Å²) in [5, 5.41) is 0. The Balaban J connectivity index is 1.76. The lowest BCUT2D eigenvalue weighted by atomic mass is 9.74. The minimum atomic E-state index is -3.17. The molecule has 0 amide bonds. The number of sulfonamides is 1. The van der Waals surface area contributed by atoms with Crippen molar-refractivity contribution in [1.29, 1.82) is 0 Å². The van der Waals surface area contributed by atoms with Gasteiger partial charge in [0.15, 0.2) is 0 Å². The highest BCUT2D eigenvalue weighted by Crippen LogP contribution is 2.45. The van der Waals surface area contributed by atoms with Gasteiger partial charge in [0.1, 0.15) is 0 Å². The Morgan fingerprint density at radius 1 is 1.06 bits per heavy atom. The molecular weight excluding hydrogens is 422 g/mol. The first kappa shape index (κ1) is 22.5. The maximum Gasteiger partial charge on any atom is 0.330 e. The Kier molecular flexibility index (Phi) is 6.63. The third-order valence-corrected chi connectivity index (χ3v) is 7.68.